The molecule has 0 atom stereocenters. The molecule has 0 saturated carbocycles. The first-order chi connectivity index (χ1) is 10.4. The normalized spacial score (nSPS) is 10.7. The molecule has 0 radical (unpaired) electrons. The molecule has 10 nitrogen and oxygen atoms in total. The Balaban J connectivity index is 2.15. The lowest BCUT2D eigenvalue weighted by molar-refractivity contribution is -0.386. The van der Waals surface area contributed by atoms with E-state index in [1.54, 1.807) is 20.0 Å². The minimum atomic E-state index is -0.467. The summed E-state index contributed by atoms with van der Waals surface area (Å²) in [6.07, 6.45) is 1.58. The van der Waals surface area contributed by atoms with Gasteiger partial charge in [0.25, 0.3) is 5.91 Å². The summed E-state index contributed by atoms with van der Waals surface area (Å²) in [5.74, 6) is -0.396. The Bertz CT molecular complexity index is 705. The second-order valence-electron chi connectivity index (χ2n) is 4.64. The van der Waals surface area contributed by atoms with Gasteiger partial charge in [0.05, 0.1) is 11.5 Å². The van der Waals surface area contributed by atoms with E-state index in [1.807, 2.05) is 0 Å². The number of carbonyl (C=O) groups is 1. The van der Waals surface area contributed by atoms with Crippen molar-refractivity contribution in [3.05, 3.63) is 39.5 Å². The van der Waals surface area contributed by atoms with Gasteiger partial charge in [0.15, 0.2) is 0 Å². The highest BCUT2D eigenvalue weighted by Gasteiger charge is 2.22. The van der Waals surface area contributed by atoms with Gasteiger partial charge >= 0.3 is 5.69 Å². The highest BCUT2D eigenvalue weighted by atomic mass is 16.6. The molecular formula is C12H16N6O4. The summed E-state index contributed by atoms with van der Waals surface area (Å²) in [5.41, 5.74) is 0.928. The SMILES string of the molecule is Cc1nn(Cn2ccc(C(=O)NCCO)n2)c(C)c1[N+](=O)[O-]. The Kier molecular flexibility index (Phi) is 4.51. The standard InChI is InChI=1S/C12H16N6O4/c1-8-11(18(21)22)9(2)17(14-8)7-16-5-3-10(15-16)12(20)13-4-6-19/h3,5,19H,4,6-7H2,1-2H3,(H,13,20). The first-order valence-electron chi connectivity index (χ1n) is 6.55. The third-order valence-corrected chi connectivity index (χ3v) is 3.08. The van der Waals surface area contributed by atoms with E-state index in [1.165, 1.54) is 15.4 Å². The molecular weight excluding hydrogens is 292 g/mol. The van der Waals surface area contributed by atoms with Crippen LogP contribution in [0.25, 0.3) is 0 Å². The van der Waals surface area contributed by atoms with E-state index in [4.69, 9.17) is 5.11 Å². The number of aliphatic hydroxyl groups is 1. The van der Waals surface area contributed by atoms with E-state index in [0.29, 0.717) is 11.4 Å². The van der Waals surface area contributed by atoms with Gasteiger partial charge in [-0.25, -0.2) is 4.68 Å². The quantitative estimate of drug-likeness (QED) is 0.563. The smallest absolute Gasteiger partial charge is 0.312 e. The van der Waals surface area contributed by atoms with E-state index in [0.717, 1.165) is 0 Å². The zero-order valence-electron chi connectivity index (χ0n) is 12.2. The summed E-state index contributed by atoms with van der Waals surface area (Å²) >= 11 is 0. The minimum absolute atomic E-state index is 0.0203. The van der Waals surface area contributed by atoms with Gasteiger partial charge in [-0.3, -0.25) is 19.6 Å². The zero-order chi connectivity index (χ0) is 16.3. The van der Waals surface area contributed by atoms with Crippen molar-refractivity contribution in [3.8, 4) is 0 Å². The minimum Gasteiger partial charge on any atom is -0.395 e. The predicted molar refractivity (Wildman–Crippen MR) is 75.4 cm³/mol. The van der Waals surface area contributed by atoms with Gasteiger partial charge in [0.2, 0.25) is 0 Å². The third kappa shape index (κ3) is 3.11. The number of aryl methyl sites for hydroxylation is 1. The molecule has 0 aromatic carbocycles. The second kappa shape index (κ2) is 6.35. The zero-order valence-corrected chi connectivity index (χ0v) is 12.2. The maximum absolute atomic E-state index is 11.7. The third-order valence-electron chi connectivity index (χ3n) is 3.08. The Hall–Kier alpha value is -2.75. The Morgan fingerprint density at radius 3 is 2.77 bits per heavy atom. The van der Waals surface area contributed by atoms with Gasteiger partial charge in [0.1, 0.15) is 23.8 Å². The molecule has 118 valence electrons. The topological polar surface area (TPSA) is 128 Å². The van der Waals surface area contributed by atoms with Crippen LogP contribution in [0.5, 0.6) is 0 Å². The lowest BCUT2D eigenvalue weighted by Gasteiger charge is -2.04. The molecule has 0 aliphatic carbocycles. The average molecular weight is 308 g/mol. The van der Waals surface area contributed by atoms with E-state index < -0.39 is 10.8 Å². The van der Waals surface area contributed by atoms with Crippen molar-refractivity contribution in [1.29, 1.82) is 0 Å². The highest BCUT2D eigenvalue weighted by Crippen LogP contribution is 2.21. The molecule has 0 aliphatic rings. The molecule has 2 aromatic heterocycles. The number of hydrogen-bond donors (Lipinski definition) is 2. The van der Waals surface area contributed by atoms with Crippen molar-refractivity contribution >= 4 is 11.6 Å². The lowest BCUT2D eigenvalue weighted by atomic mass is 10.3. The van der Waals surface area contributed by atoms with Crippen LogP contribution in [0.1, 0.15) is 21.9 Å². The van der Waals surface area contributed by atoms with Gasteiger partial charge < -0.3 is 10.4 Å². The molecule has 0 unspecified atom stereocenters. The fourth-order valence-electron chi connectivity index (χ4n) is 2.05. The number of aliphatic hydroxyl groups excluding tert-OH is 1. The number of nitro groups is 1. The summed E-state index contributed by atoms with van der Waals surface area (Å²) in [5, 5.41) is 30.3. The van der Waals surface area contributed by atoms with Crippen molar-refractivity contribution in [3.63, 3.8) is 0 Å². The van der Waals surface area contributed by atoms with Crippen molar-refractivity contribution < 1.29 is 14.8 Å². The Morgan fingerprint density at radius 2 is 2.18 bits per heavy atom. The predicted octanol–water partition coefficient (Wildman–Crippen LogP) is -0.167. The molecule has 2 N–H and O–H groups in total. The first kappa shape index (κ1) is 15.6. The van der Waals surface area contributed by atoms with E-state index in [-0.39, 0.29) is 31.2 Å². The molecule has 0 bridgehead atoms. The maximum atomic E-state index is 11.7. The maximum Gasteiger partial charge on any atom is 0.312 e. The van der Waals surface area contributed by atoms with Crippen LogP contribution in [0.4, 0.5) is 5.69 Å². The van der Waals surface area contributed by atoms with Crippen LogP contribution in [-0.4, -0.2) is 48.6 Å². The summed E-state index contributed by atoms with van der Waals surface area (Å²) in [6.45, 7) is 3.33. The van der Waals surface area contributed by atoms with Crippen LogP contribution in [0.3, 0.4) is 0 Å². The van der Waals surface area contributed by atoms with Crippen LogP contribution >= 0.6 is 0 Å². The van der Waals surface area contributed by atoms with Gasteiger partial charge in [0, 0.05) is 12.7 Å². The van der Waals surface area contributed by atoms with Crippen molar-refractivity contribution in [2.45, 2.75) is 20.5 Å². The van der Waals surface area contributed by atoms with Crippen molar-refractivity contribution in [2.75, 3.05) is 13.2 Å². The van der Waals surface area contributed by atoms with Gasteiger partial charge in [-0.1, -0.05) is 0 Å². The molecule has 2 rings (SSSR count). The average Bonchev–Trinajstić information content (AvgIpc) is 3.02. The molecule has 0 fully saturated rings. The van der Waals surface area contributed by atoms with Gasteiger partial charge in [-0.05, 0) is 19.9 Å². The van der Waals surface area contributed by atoms with Gasteiger partial charge in [-0.2, -0.15) is 10.2 Å². The summed E-state index contributed by atoms with van der Waals surface area (Å²) in [6, 6.07) is 1.52. The molecule has 10 heteroatoms. The summed E-state index contributed by atoms with van der Waals surface area (Å²) < 4.78 is 2.91. The number of aromatic nitrogens is 4. The summed E-state index contributed by atoms with van der Waals surface area (Å²) in [7, 11) is 0. The second-order valence-corrected chi connectivity index (χ2v) is 4.64. The molecule has 0 spiro atoms. The van der Waals surface area contributed by atoms with E-state index in [2.05, 4.69) is 15.5 Å². The van der Waals surface area contributed by atoms with Crippen LogP contribution in [-0.2, 0) is 6.67 Å². The summed E-state index contributed by atoms with van der Waals surface area (Å²) in [4.78, 5) is 22.2. The number of carbonyl (C=O) groups excluding carboxylic acids is 1. The van der Waals surface area contributed by atoms with Crippen LogP contribution < -0.4 is 5.32 Å². The molecule has 2 heterocycles. The number of amides is 1. The molecule has 0 saturated heterocycles. The molecule has 22 heavy (non-hydrogen) atoms. The number of nitrogens with zero attached hydrogens (tertiary/aromatic N) is 5. The van der Waals surface area contributed by atoms with Crippen LogP contribution in [0.2, 0.25) is 0 Å². The monoisotopic (exact) mass is 308 g/mol. The van der Waals surface area contributed by atoms with Crippen molar-refractivity contribution in [1.82, 2.24) is 24.9 Å². The molecule has 2 aromatic rings. The molecule has 1 amide bonds. The van der Waals surface area contributed by atoms with E-state index in [9.17, 15) is 14.9 Å². The van der Waals surface area contributed by atoms with E-state index >= 15 is 0 Å². The highest BCUT2D eigenvalue weighted by molar-refractivity contribution is 5.92. The number of nitrogens with one attached hydrogen (secondary N) is 1. The number of rotatable bonds is 6. The lowest BCUT2D eigenvalue weighted by Crippen LogP contribution is -2.27. The first-order valence-corrected chi connectivity index (χ1v) is 6.55. The Morgan fingerprint density at radius 1 is 1.45 bits per heavy atom. The Labute approximate surface area is 125 Å². The fraction of sp³-hybridized carbons (Fsp3) is 0.417. The fourth-order valence-corrected chi connectivity index (χ4v) is 2.05. The molecule has 0 aliphatic heterocycles. The van der Waals surface area contributed by atoms with Crippen LogP contribution in [0.15, 0.2) is 12.3 Å². The van der Waals surface area contributed by atoms with Crippen LogP contribution in [0, 0.1) is 24.0 Å². The van der Waals surface area contributed by atoms with Crippen molar-refractivity contribution in [2.24, 2.45) is 0 Å². The number of hydrogen-bond acceptors (Lipinski definition) is 6. The largest absolute Gasteiger partial charge is 0.395 e. The van der Waals surface area contributed by atoms with Gasteiger partial charge in [-0.15, -0.1) is 0 Å².